The van der Waals surface area contributed by atoms with Gasteiger partial charge >= 0.3 is 0 Å². The maximum atomic E-state index is 12.3. The average Bonchev–Trinajstić information content (AvgIpc) is 2.48. The fraction of sp³-hybridized carbons (Fsp3) is 0.533. The predicted octanol–water partition coefficient (Wildman–Crippen LogP) is 0.664. The normalized spacial score (nSPS) is 18.0. The molecule has 0 aromatic heterocycles. The standard InChI is InChI=1S/C15H22N2O2S/c18-11-10-16-6-8-17(9-7-16)15(19)14(20)12-13-4-2-1-3-5-13/h1-5,14,18,20H,6-12H2. The van der Waals surface area contributed by atoms with E-state index in [0.29, 0.717) is 13.0 Å². The van der Waals surface area contributed by atoms with Crippen LogP contribution in [0.25, 0.3) is 0 Å². The largest absolute Gasteiger partial charge is 0.395 e. The molecule has 0 bridgehead atoms. The highest BCUT2D eigenvalue weighted by molar-refractivity contribution is 7.81. The second-order valence-electron chi connectivity index (χ2n) is 5.10. The van der Waals surface area contributed by atoms with Gasteiger partial charge in [-0.15, -0.1) is 0 Å². The van der Waals surface area contributed by atoms with Crippen LogP contribution in [0.3, 0.4) is 0 Å². The molecule has 20 heavy (non-hydrogen) atoms. The van der Waals surface area contributed by atoms with Crippen LogP contribution in [0.4, 0.5) is 0 Å². The van der Waals surface area contributed by atoms with Gasteiger partial charge in [0, 0.05) is 32.7 Å². The Bertz CT molecular complexity index is 419. The molecule has 1 aromatic rings. The Morgan fingerprint density at radius 2 is 1.85 bits per heavy atom. The minimum atomic E-state index is -0.276. The zero-order valence-corrected chi connectivity index (χ0v) is 12.5. The molecule has 1 heterocycles. The fourth-order valence-electron chi connectivity index (χ4n) is 2.47. The van der Waals surface area contributed by atoms with Gasteiger partial charge in [-0.3, -0.25) is 9.69 Å². The van der Waals surface area contributed by atoms with Crippen LogP contribution >= 0.6 is 12.6 Å². The van der Waals surface area contributed by atoms with E-state index in [-0.39, 0.29) is 17.8 Å². The summed E-state index contributed by atoms with van der Waals surface area (Å²) in [5.74, 6) is 0.112. The van der Waals surface area contributed by atoms with Gasteiger partial charge in [-0.2, -0.15) is 12.6 Å². The van der Waals surface area contributed by atoms with Crippen LogP contribution in [-0.2, 0) is 11.2 Å². The molecule has 4 nitrogen and oxygen atoms in total. The molecule has 0 radical (unpaired) electrons. The third-order valence-electron chi connectivity index (χ3n) is 3.66. The second-order valence-corrected chi connectivity index (χ2v) is 5.72. The van der Waals surface area contributed by atoms with Crippen molar-refractivity contribution in [1.82, 2.24) is 9.80 Å². The molecule has 0 saturated carbocycles. The zero-order valence-electron chi connectivity index (χ0n) is 11.6. The predicted molar refractivity (Wildman–Crippen MR) is 83.0 cm³/mol. The first kappa shape index (κ1) is 15.4. The van der Waals surface area contributed by atoms with Crippen LogP contribution in [0.1, 0.15) is 5.56 Å². The molecule has 1 saturated heterocycles. The number of aliphatic hydroxyl groups is 1. The van der Waals surface area contributed by atoms with Gasteiger partial charge in [-0.1, -0.05) is 30.3 Å². The number of β-amino-alcohol motifs (C(OH)–C–C–N with tert-alkyl or cyclic N) is 1. The first-order valence-corrected chi connectivity index (χ1v) is 7.56. The van der Waals surface area contributed by atoms with E-state index in [1.54, 1.807) is 0 Å². The van der Waals surface area contributed by atoms with E-state index in [4.69, 9.17) is 5.11 Å². The molecular formula is C15H22N2O2S. The van der Waals surface area contributed by atoms with Crippen molar-refractivity contribution in [2.45, 2.75) is 11.7 Å². The molecule has 1 unspecified atom stereocenters. The van der Waals surface area contributed by atoms with E-state index < -0.39 is 0 Å². The summed E-state index contributed by atoms with van der Waals surface area (Å²) < 4.78 is 0. The van der Waals surface area contributed by atoms with Crippen molar-refractivity contribution in [3.63, 3.8) is 0 Å². The lowest BCUT2D eigenvalue weighted by Gasteiger charge is -2.35. The van der Waals surface area contributed by atoms with E-state index in [0.717, 1.165) is 31.7 Å². The molecule has 2 rings (SSSR count). The monoisotopic (exact) mass is 294 g/mol. The molecule has 1 fully saturated rings. The van der Waals surface area contributed by atoms with Crippen molar-refractivity contribution in [2.75, 3.05) is 39.3 Å². The number of piperazine rings is 1. The maximum Gasteiger partial charge on any atom is 0.235 e. The third kappa shape index (κ3) is 4.23. The fourth-order valence-corrected chi connectivity index (χ4v) is 2.84. The lowest BCUT2D eigenvalue weighted by Crippen LogP contribution is -2.51. The molecule has 0 aliphatic carbocycles. The Balaban J connectivity index is 1.82. The summed E-state index contributed by atoms with van der Waals surface area (Å²) in [6, 6.07) is 9.98. The topological polar surface area (TPSA) is 43.8 Å². The molecule has 1 atom stereocenters. The number of carbonyl (C=O) groups excluding carboxylic acids is 1. The molecule has 5 heteroatoms. The Morgan fingerprint density at radius 3 is 2.45 bits per heavy atom. The van der Waals surface area contributed by atoms with Crippen molar-refractivity contribution in [1.29, 1.82) is 0 Å². The quantitative estimate of drug-likeness (QED) is 0.784. The van der Waals surface area contributed by atoms with Crippen molar-refractivity contribution in [3.05, 3.63) is 35.9 Å². The zero-order chi connectivity index (χ0) is 14.4. The molecule has 1 aromatic carbocycles. The van der Waals surface area contributed by atoms with Crippen LogP contribution in [-0.4, -0.2) is 65.4 Å². The minimum Gasteiger partial charge on any atom is -0.395 e. The van der Waals surface area contributed by atoms with Crippen LogP contribution in [0.15, 0.2) is 30.3 Å². The Hall–Kier alpha value is -1.04. The SMILES string of the molecule is O=C(C(S)Cc1ccccc1)N1CCN(CCO)CC1. The number of benzene rings is 1. The van der Waals surface area contributed by atoms with Crippen LogP contribution in [0, 0.1) is 0 Å². The number of hydrogen-bond donors (Lipinski definition) is 2. The van der Waals surface area contributed by atoms with E-state index in [1.807, 2.05) is 35.2 Å². The highest BCUT2D eigenvalue weighted by atomic mass is 32.1. The van der Waals surface area contributed by atoms with Crippen LogP contribution in [0.2, 0.25) is 0 Å². The Morgan fingerprint density at radius 1 is 1.20 bits per heavy atom. The summed E-state index contributed by atoms with van der Waals surface area (Å²) in [5.41, 5.74) is 1.14. The molecule has 1 aliphatic heterocycles. The summed E-state index contributed by atoms with van der Waals surface area (Å²) in [4.78, 5) is 16.4. The molecule has 110 valence electrons. The summed E-state index contributed by atoms with van der Waals surface area (Å²) in [7, 11) is 0. The number of hydrogen-bond acceptors (Lipinski definition) is 4. The van der Waals surface area contributed by atoms with Gasteiger partial charge in [-0.25, -0.2) is 0 Å². The smallest absolute Gasteiger partial charge is 0.235 e. The number of rotatable bonds is 5. The van der Waals surface area contributed by atoms with Crippen molar-refractivity contribution in [3.8, 4) is 0 Å². The van der Waals surface area contributed by atoms with E-state index in [9.17, 15) is 4.79 Å². The Labute approximate surface area is 125 Å². The molecule has 1 aliphatic rings. The third-order valence-corrected chi connectivity index (χ3v) is 4.06. The minimum absolute atomic E-state index is 0.112. The van der Waals surface area contributed by atoms with Gasteiger partial charge in [0.25, 0.3) is 0 Å². The van der Waals surface area contributed by atoms with E-state index in [1.165, 1.54) is 0 Å². The Kier molecular flexibility index (Phi) is 5.88. The number of aliphatic hydroxyl groups excluding tert-OH is 1. The highest BCUT2D eigenvalue weighted by Gasteiger charge is 2.25. The highest BCUT2D eigenvalue weighted by Crippen LogP contribution is 2.12. The summed E-state index contributed by atoms with van der Waals surface area (Å²) in [6.07, 6.45) is 0.666. The molecular weight excluding hydrogens is 272 g/mol. The van der Waals surface area contributed by atoms with Crippen molar-refractivity contribution >= 4 is 18.5 Å². The van der Waals surface area contributed by atoms with Gasteiger partial charge in [0.1, 0.15) is 0 Å². The van der Waals surface area contributed by atoms with Gasteiger partial charge < -0.3 is 10.0 Å². The summed E-state index contributed by atoms with van der Waals surface area (Å²) >= 11 is 4.47. The lowest BCUT2D eigenvalue weighted by atomic mass is 10.1. The number of thiol groups is 1. The van der Waals surface area contributed by atoms with Crippen molar-refractivity contribution in [2.24, 2.45) is 0 Å². The van der Waals surface area contributed by atoms with Crippen molar-refractivity contribution < 1.29 is 9.90 Å². The maximum absolute atomic E-state index is 12.3. The molecule has 0 spiro atoms. The van der Waals surface area contributed by atoms with Gasteiger partial charge in [0.05, 0.1) is 11.9 Å². The van der Waals surface area contributed by atoms with Gasteiger partial charge in [-0.05, 0) is 12.0 Å². The summed E-state index contributed by atoms with van der Waals surface area (Å²) in [6.45, 7) is 3.99. The first-order chi connectivity index (χ1) is 9.70. The lowest BCUT2D eigenvalue weighted by molar-refractivity contribution is -0.132. The molecule has 1 N–H and O–H groups in total. The van der Waals surface area contributed by atoms with E-state index >= 15 is 0 Å². The van der Waals surface area contributed by atoms with E-state index in [2.05, 4.69) is 17.5 Å². The number of carbonyl (C=O) groups is 1. The second kappa shape index (κ2) is 7.67. The van der Waals surface area contributed by atoms with Crippen LogP contribution < -0.4 is 0 Å². The number of nitrogens with zero attached hydrogens (tertiary/aromatic N) is 2. The van der Waals surface area contributed by atoms with Gasteiger partial charge in [0.2, 0.25) is 5.91 Å². The summed E-state index contributed by atoms with van der Waals surface area (Å²) in [5, 5.41) is 8.64. The number of amides is 1. The van der Waals surface area contributed by atoms with Gasteiger partial charge in [0.15, 0.2) is 0 Å². The average molecular weight is 294 g/mol. The first-order valence-electron chi connectivity index (χ1n) is 7.04. The molecule has 1 amide bonds. The van der Waals surface area contributed by atoms with Crippen LogP contribution in [0.5, 0.6) is 0 Å².